The molecule has 0 saturated carbocycles. The van der Waals surface area contributed by atoms with Gasteiger partial charge in [-0.25, -0.2) is 9.98 Å². The van der Waals surface area contributed by atoms with Crippen molar-refractivity contribution in [3.05, 3.63) is 28.7 Å². The van der Waals surface area contributed by atoms with Gasteiger partial charge in [-0.2, -0.15) is 0 Å². The fraction of sp³-hybridized carbons (Fsp3) is 0.500. The van der Waals surface area contributed by atoms with Gasteiger partial charge in [0.15, 0.2) is 5.49 Å². The Kier molecular flexibility index (Phi) is 1.68. The zero-order valence-corrected chi connectivity index (χ0v) is 8.20. The van der Waals surface area contributed by atoms with E-state index in [1.54, 1.807) is 0 Å². The summed E-state index contributed by atoms with van der Waals surface area (Å²) in [6, 6.07) is 3.96. The predicted molar refractivity (Wildman–Crippen MR) is 50.0 cm³/mol. The van der Waals surface area contributed by atoms with Gasteiger partial charge >= 0.3 is 0 Å². The van der Waals surface area contributed by atoms with Crippen LogP contribution in [0.3, 0.4) is 0 Å². The number of aromatic nitrogens is 1. The Morgan fingerprint density at radius 1 is 1.31 bits per heavy atom. The van der Waals surface area contributed by atoms with E-state index in [1.807, 2.05) is 26.0 Å². The van der Waals surface area contributed by atoms with Gasteiger partial charge in [0.25, 0.3) is 0 Å². The van der Waals surface area contributed by atoms with Crippen molar-refractivity contribution in [2.75, 3.05) is 0 Å². The van der Waals surface area contributed by atoms with Crippen LogP contribution in [0.1, 0.15) is 26.0 Å². The normalized spacial score (nSPS) is 24.8. The largest absolute Gasteiger partial charge is 0.252 e. The summed E-state index contributed by atoms with van der Waals surface area (Å²) in [5.74, 6) is 0. The lowest BCUT2D eigenvalue weighted by Gasteiger charge is -2.12. The Morgan fingerprint density at radius 3 is 2.77 bits per heavy atom. The molecule has 68 valence electrons. The molecule has 0 N–H and O–H groups in total. The first-order valence-electron chi connectivity index (χ1n) is 4.56. The number of fused-ring (bicyclic) bond motifs is 1. The van der Waals surface area contributed by atoms with Crippen molar-refractivity contribution in [3.8, 4) is 0 Å². The van der Waals surface area contributed by atoms with Crippen LogP contribution in [0.5, 0.6) is 0 Å². The lowest BCUT2D eigenvalue weighted by molar-refractivity contribution is 0.475. The third-order valence-electron chi connectivity index (χ3n) is 2.37. The van der Waals surface area contributed by atoms with Crippen LogP contribution in [-0.2, 0) is 0 Å². The summed E-state index contributed by atoms with van der Waals surface area (Å²) in [6.07, 6.45) is 0.919. The molecule has 0 fully saturated rings. The molecule has 0 amide bonds. The second-order valence-corrected chi connectivity index (χ2v) is 3.59. The highest BCUT2D eigenvalue weighted by molar-refractivity contribution is 5.05. The molecule has 2 rings (SSSR count). The van der Waals surface area contributed by atoms with E-state index in [0.717, 1.165) is 23.0 Å². The topological polar surface area (TPSA) is 37.6 Å². The molecule has 13 heavy (non-hydrogen) atoms. The summed E-state index contributed by atoms with van der Waals surface area (Å²) < 4.78 is 0. The molecule has 0 saturated heterocycles. The minimum atomic E-state index is -0.275. The van der Waals surface area contributed by atoms with Crippen molar-refractivity contribution < 1.29 is 0 Å². The van der Waals surface area contributed by atoms with Gasteiger partial charge in [-0.3, -0.25) is 4.99 Å². The van der Waals surface area contributed by atoms with Crippen LogP contribution < -0.4 is 10.8 Å². The molecule has 0 spiro atoms. The van der Waals surface area contributed by atoms with Gasteiger partial charge in [-0.05, 0) is 32.4 Å². The molecular weight excluding hydrogens is 162 g/mol. The number of pyridine rings is 1. The molecule has 0 aromatic carbocycles. The van der Waals surface area contributed by atoms with Crippen LogP contribution in [0.4, 0.5) is 0 Å². The van der Waals surface area contributed by atoms with Gasteiger partial charge in [0.05, 0.1) is 0 Å². The first-order chi connectivity index (χ1) is 6.13. The van der Waals surface area contributed by atoms with Crippen molar-refractivity contribution in [1.29, 1.82) is 0 Å². The highest BCUT2D eigenvalue weighted by Gasteiger charge is 2.22. The van der Waals surface area contributed by atoms with Gasteiger partial charge < -0.3 is 0 Å². The minimum absolute atomic E-state index is 0.275. The lowest BCUT2D eigenvalue weighted by atomic mass is 10.2. The maximum Gasteiger partial charge on any atom is 0.175 e. The zero-order valence-electron chi connectivity index (χ0n) is 8.20. The Hall–Kier alpha value is -1.25. The van der Waals surface area contributed by atoms with E-state index in [4.69, 9.17) is 0 Å². The number of hydrogen-bond acceptors (Lipinski definition) is 3. The van der Waals surface area contributed by atoms with Crippen molar-refractivity contribution in [2.45, 2.75) is 32.9 Å². The summed E-state index contributed by atoms with van der Waals surface area (Å²) in [7, 11) is 0. The van der Waals surface area contributed by atoms with Crippen molar-refractivity contribution in [1.82, 2.24) is 4.98 Å². The van der Waals surface area contributed by atoms with Crippen LogP contribution in [-0.4, -0.2) is 10.6 Å². The van der Waals surface area contributed by atoms with Gasteiger partial charge in [-0.15, -0.1) is 0 Å². The molecule has 0 bridgehead atoms. The number of nitrogens with zero attached hydrogens (tertiary/aromatic N) is 3. The van der Waals surface area contributed by atoms with Crippen LogP contribution >= 0.6 is 0 Å². The Morgan fingerprint density at radius 2 is 2.08 bits per heavy atom. The summed E-state index contributed by atoms with van der Waals surface area (Å²) in [5.41, 5.74) is 1.52. The van der Waals surface area contributed by atoms with E-state index in [0.29, 0.717) is 0 Å². The van der Waals surface area contributed by atoms with Crippen molar-refractivity contribution in [3.63, 3.8) is 0 Å². The van der Waals surface area contributed by atoms with Crippen LogP contribution in [0.15, 0.2) is 22.1 Å². The fourth-order valence-corrected chi connectivity index (χ4v) is 1.38. The van der Waals surface area contributed by atoms with Crippen LogP contribution in [0.25, 0.3) is 0 Å². The van der Waals surface area contributed by atoms with Gasteiger partial charge in [0.2, 0.25) is 0 Å². The van der Waals surface area contributed by atoms with Crippen LogP contribution in [0, 0.1) is 6.92 Å². The first-order valence-corrected chi connectivity index (χ1v) is 4.56. The highest BCUT2D eigenvalue weighted by Crippen LogP contribution is 2.16. The average molecular weight is 175 g/mol. The van der Waals surface area contributed by atoms with Gasteiger partial charge in [0, 0.05) is 5.69 Å². The van der Waals surface area contributed by atoms with E-state index >= 15 is 0 Å². The third-order valence-corrected chi connectivity index (χ3v) is 2.37. The smallest absolute Gasteiger partial charge is 0.175 e. The summed E-state index contributed by atoms with van der Waals surface area (Å²) in [6.45, 7) is 6.09. The molecule has 3 heteroatoms. The molecule has 2 heterocycles. The quantitative estimate of drug-likeness (QED) is 0.621. The van der Waals surface area contributed by atoms with Crippen molar-refractivity contribution >= 4 is 0 Å². The second-order valence-electron chi connectivity index (χ2n) is 3.59. The Bertz CT molecular complexity index is 450. The average Bonchev–Trinajstić information content (AvgIpc) is 2.42. The third kappa shape index (κ3) is 1.34. The monoisotopic (exact) mass is 175 g/mol. The standard InChI is InChI=1S/C10H13N3/c1-4-10(3)12-8-6-5-7(2)11-9(8)13-10/h5-6H,4H2,1-3H3. The van der Waals surface area contributed by atoms with E-state index < -0.39 is 0 Å². The molecular formula is C10H13N3. The Balaban J connectivity index is 2.67. The zero-order chi connectivity index (χ0) is 9.47. The fourth-order valence-electron chi connectivity index (χ4n) is 1.38. The number of aryl methyl sites for hydroxylation is 1. The summed E-state index contributed by atoms with van der Waals surface area (Å²) >= 11 is 0. The molecule has 1 aliphatic rings. The minimum Gasteiger partial charge on any atom is -0.252 e. The molecule has 1 aliphatic heterocycles. The summed E-state index contributed by atoms with van der Waals surface area (Å²) in [4.78, 5) is 13.3. The number of hydrogen-bond donors (Lipinski definition) is 0. The van der Waals surface area contributed by atoms with E-state index in [-0.39, 0.29) is 5.66 Å². The van der Waals surface area contributed by atoms with E-state index in [1.165, 1.54) is 0 Å². The van der Waals surface area contributed by atoms with Gasteiger partial charge in [-0.1, -0.05) is 6.92 Å². The molecule has 0 radical (unpaired) electrons. The number of rotatable bonds is 1. The summed E-state index contributed by atoms with van der Waals surface area (Å²) in [5, 5.41) is 0.926. The van der Waals surface area contributed by atoms with E-state index in [9.17, 15) is 0 Å². The van der Waals surface area contributed by atoms with E-state index in [2.05, 4.69) is 21.9 Å². The highest BCUT2D eigenvalue weighted by atomic mass is 15.1. The van der Waals surface area contributed by atoms with Crippen LogP contribution in [0.2, 0.25) is 0 Å². The SMILES string of the molecule is CCC1(C)N=c2ccc(C)nc2=N1. The molecule has 1 unspecified atom stereocenters. The molecule has 1 aromatic heterocycles. The predicted octanol–water partition coefficient (Wildman–Crippen LogP) is 0.769. The second kappa shape index (κ2) is 2.62. The maximum absolute atomic E-state index is 4.51. The van der Waals surface area contributed by atoms with Crippen molar-refractivity contribution in [2.24, 2.45) is 9.98 Å². The molecule has 3 nitrogen and oxygen atoms in total. The lowest BCUT2D eigenvalue weighted by Crippen LogP contribution is -2.25. The maximum atomic E-state index is 4.51. The Labute approximate surface area is 77.3 Å². The molecule has 1 aromatic rings. The van der Waals surface area contributed by atoms with Gasteiger partial charge in [0.1, 0.15) is 11.0 Å². The molecule has 1 atom stereocenters. The first kappa shape index (κ1) is 8.35. The molecule has 0 aliphatic carbocycles.